The number of rotatable bonds is 7. The number of hydrogen-bond acceptors (Lipinski definition) is 3. The summed E-state index contributed by atoms with van der Waals surface area (Å²) in [7, 11) is -2.99. The molecule has 1 aliphatic rings. The molecule has 0 amide bonds. The number of sulfone groups is 1. The quantitative estimate of drug-likeness (QED) is 0.785. The molecule has 1 rings (SSSR count). The molecule has 0 bridgehead atoms. The van der Waals surface area contributed by atoms with Crippen molar-refractivity contribution in [1.29, 1.82) is 0 Å². The number of alkyl halides is 2. The van der Waals surface area contributed by atoms with E-state index in [-0.39, 0.29) is 30.6 Å². The maximum atomic E-state index is 13.2. The Balaban J connectivity index is 2.53. The minimum Gasteiger partial charge on any atom is -0.314 e. The first kappa shape index (κ1) is 16.8. The van der Waals surface area contributed by atoms with Crippen LogP contribution >= 0.6 is 0 Å². The molecule has 3 nitrogen and oxygen atoms in total. The lowest BCUT2D eigenvalue weighted by Crippen LogP contribution is -2.41. The molecule has 0 spiro atoms. The molecule has 1 aliphatic carbocycles. The monoisotopic (exact) mass is 297 g/mol. The van der Waals surface area contributed by atoms with E-state index in [9.17, 15) is 17.2 Å². The van der Waals surface area contributed by atoms with Crippen molar-refractivity contribution in [3.63, 3.8) is 0 Å². The first-order chi connectivity index (χ1) is 8.73. The SMILES string of the molecule is CCCNC(CCS(C)(=O)=O)C1CCC(F)(F)CC1. The molecule has 0 aromatic carbocycles. The minimum atomic E-state index is -2.99. The van der Waals surface area contributed by atoms with Gasteiger partial charge in [0.15, 0.2) is 0 Å². The lowest BCUT2D eigenvalue weighted by atomic mass is 9.81. The lowest BCUT2D eigenvalue weighted by molar-refractivity contribution is -0.0496. The van der Waals surface area contributed by atoms with E-state index in [2.05, 4.69) is 5.32 Å². The number of nitrogens with one attached hydrogen (secondary N) is 1. The van der Waals surface area contributed by atoms with Crippen LogP contribution in [0.2, 0.25) is 0 Å². The van der Waals surface area contributed by atoms with Gasteiger partial charge in [-0.05, 0) is 38.1 Å². The molecule has 0 radical (unpaired) electrons. The fraction of sp³-hybridized carbons (Fsp3) is 1.00. The topological polar surface area (TPSA) is 46.2 Å². The van der Waals surface area contributed by atoms with Crippen molar-refractivity contribution in [2.45, 2.75) is 57.4 Å². The summed E-state index contributed by atoms with van der Waals surface area (Å²) < 4.78 is 48.8. The molecule has 0 heterocycles. The maximum Gasteiger partial charge on any atom is 0.248 e. The molecule has 1 N–H and O–H groups in total. The van der Waals surface area contributed by atoms with Gasteiger partial charge in [-0.2, -0.15) is 0 Å². The van der Waals surface area contributed by atoms with Gasteiger partial charge in [-0.15, -0.1) is 0 Å². The standard InChI is InChI=1S/C13H25F2NO2S/c1-3-9-16-12(6-10-19(2,17)18)11-4-7-13(14,15)8-5-11/h11-12,16H,3-10H2,1-2H3. The Morgan fingerprint density at radius 2 is 1.89 bits per heavy atom. The summed E-state index contributed by atoms with van der Waals surface area (Å²) >= 11 is 0. The Morgan fingerprint density at radius 3 is 2.37 bits per heavy atom. The highest BCUT2D eigenvalue weighted by Gasteiger charge is 2.37. The Morgan fingerprint density at radius 1 is 1.32 bits per heavy atom. The summed E-state index contributed by atoms with van der Waals surface area (Å²) in [5.74, 6) is -2.22. The van der Waals surface area contributed by atoms with Crippen molar-refractivity contribution in [2.75, 3.05) is 18.6 Å². The third kappa shape index (κ3) is 6.65. The first-order valence-corrected chi connectivity index (χ1v) is 9.08. The number of hydrogen-bond donors (Lipinski definition) is 1. The highest BCUT2D eigenvalue weighted by atomic mass is 32.2. The summed E-state index contributed by atoms with van der Waals surface area (Å²) in [6.07, 6.45) is 3.53. The summed E-state index contributed by atoms with van der Waals surface area (Å²) in [4.78, 5) is 0. The van der Waals surface area contributed by atoms with E-state index in [1.54, 1.807) is 0 Å². The molecule has 1 unspecified atom stereocenters. The van der Waals surface area contributed by atoms with Crippen LogP contribution in [-0.2, 0) is 9.84 Å². The second-order valence-electron chi connectivity index (χ2n) is 5.67. The average Bonchev–Trinajstić information content (AvgIpc) is 2.29. The highest BCUT2D eigenvalue weighted by molar-refractivity contribution is 7.90. The predicted molar refractivity (Wildman–Crippen MR) is 73.3 cm³/mol. The van der Waals surface area contributed by atoms with Gasteiger partial charge >= 0.3 is 0 Å². The average molecular weight is 297 g/mol. The highest BCUT2D eigenvalue weighted by Crippen LogP contribution is 2.38. The molecular formula is C13H25F2NO2S. The second-order valence-corrected chi connectivity index (χ2v) is 7.93. The molecule has 1 fully saturated rings. The first-order valence-electron chi connectivity index (χ1n) is 7.02. The van der Waals surface area contributed by atoms with E-state index in [0.717, 1.165) is 13.0 Å². The van der Waals surface area contributed by atoms with Crippen LogP contribution in [0.5, 0.6) is 0 Å². The molecule has 19 heavy (non-hydrogen) atoms. The van der Waals surface area contributed by atoms with Crippen molar-refractivity contribution in [3.05, 3.63) is 0 Å². The third-order valence-corrected chi connectivity index (χ3v) is 4.76. The predicted octanol–water partition coefficient (Wildman–Crippen LogP) is 2.61. The van der Waals surface area contributed by atoms with Crippen molar-refractivity contribution >= 4 is 9.84 Å². The van der Waals surface area contributed by atoms with Crippen LogP contribution in [0.25, 0.3) is 0 Å². The van der Waals surface area contributed by atoms with Crippen molar-refractivity contribution in [3.8, 4) is 0 Å². The Labute approximate surface area is 115 Å². The van der Waals surface area contributed by atoms with E-state index in [4.69, 9.17) is 0 Å². The Hall–Kier alpha value is -0.230. The summed E-state index contributed by atoms with van der Waals surface area (Å²) in [6, 6.07) is 0.0470. The van der Waals surface area contributed by atoms with E-state index in [1.807, 2.05) is 6.92 Å². The summed E-state index contributed by atoms with van der Waals surface area (Å²) in [5, 5.41) is 3.33. The molecule has 6 heteroatoms. The van der Waals surface area contributed by atoms with Crippen molar-refractivity contribution in [2.24, 2.45) is 5.92 Å². The maximum absolute atomic E-state index is 13.2. The molecule has 0 aliphatic heterocycles. The molecular weight excluding hydrogens is 272 g/mol. The van der Waals surface area contributed by atoms with Crippen LogP contribution in [0.15, 0.2) is 0 Å². The van der Waals surface area contributed by atoms with E-state index < -0.39 is 15.8 Å². The molecule has 114 valence electrons. The smallest absolute Gasteiger partial charge is 0.248 e. The van der Waals surface area contributed by atoms with Gasteiger partial charge < -0.3 is 5.32 Å². The van der Waals surface area contributed by atoms with Gasteiger partial charge in [0.05, 0.1) is 5.75 Å². The van der Waals surface area contributed by atoms with Crippen molar-refractivity contribution in [1.82, 2.24) is 5.32 Å². The summed E-state index contributed by atoms with van der Waals surface area (Å²) in [5.41, 5.74) is 0. The molecule has 0 aromatic heterocycles. The van der Waals surface area contributed by atoms with E-state index in [0.29, 0.717) is 19.3 Å². The fourth-order valence-corrected chi connectivity index (χ4v) is 3.32. The summed E-state index contributed by atoms with van der Waals surface area (Å²) in [6.45, 7) is 2.84. The Bertz CT molecular complexity index is 361. The zero-order chi connectivity index (χ0) is 14.5. The van der Waals surface area contributed by atoms with E-state index in [1.165, 1.54) is 6.26 Å². The van der Waals surface area contributed by atoms with Gasteiger partial charge in [0.25, 0.3) is 0 Å². The molecule has 1 saturated carbocycles. The van der Waals surface area contributed by atoms with Gasteiger partial charge in [0.1, 0.15) is 9.84 Å². The minimum absolute atomic E-state index is 0.0470. The second kappa shape index (κ2) is 6.97. The van der Waals surface area contributed by atoms with Crippen LogP contribution in [-0.4, -0.2) is 38.9 Å². The third-order valence-electron chi connectivity index (χ3n) is 3.79. The molecule has 0 aromatic rings. The van der Waals surface area contributed by atoms with Crippen LogP contribution in [0.3, 0.4) is 0 Å². The Kier molecular flexibility index (Phi) is 6.17. The van der Waals surface area contributed by atoms with Crippen LogP contribution in [0.1, 0.15) is 45.4 Å². The van der Waals surface area contributed by atoms with Crippen LogP contribution in [0.4, 0.5) is 8.78 Å². The zero-order valence-corrected chi connectivity index (χ0v) is 12.6. The largest absolute Gasteiger partial charge is 0.314 e. The van der Waals surface area contributed by atoms with Crippen LogP contribution < -0.4 is 5.32 Å². The van der Waals surface area contributed by atoms with Crippen LogP contribution in [0, 0.1) is 5.92 Å². The van der Waals surface area contributed by atoms with Crippen molar-refractivity contribution < 1.29 is 17.2 Å². The molecule has 1 atom stereocenters. The van der Waals surface area contributed by atoms with E-state index >= 15 is 0 Å². The van der Waals surface area contributed by atoms with Gasteiger partial charge in [-0.3, -0.25) is 0 Å². The normalized spacial score (nSPS) is 22.3. The molecule has 0 saturated heterocycles. The fourth-order valence-electron chi connectivity index (χ4n) is 2.64. The lowest BCUT2D eigenvalue weighted by Gasteiger charge is -2.34. The zero-order valence-electron chi connectivity index (χ0n) is 11.8. The van der Waals surface area contributed by atoms with Gasteiger partial charge in [-0.1, -0.05) is 6.92 Å². The van der Waals surface area contributed by atoms with Gasteiger partial charge in [-0.25, -0.2) is 17.2 Å². The van der Waals surface area contributed by atoms with Gasteiger partial charge in [0.2, 0.25) is 5.92 Å². The number of halogens is 2. The van der Waals surface area contributed by atoms with Gasteiger partial charge in [0, 0.05) is 25.1 Å².